The van der Waals surface area contributed by atoms with Crippen molar-refractivity contribution in [3.8, 4) is 5.69 Å². The number of carbonyl (C=O) groups excluding carboxylic acids is 1. The Kier molecular flexibility index (Phi) is 5.68. The minimum absolute atomic E-state index is 0. The first-order valence-corrected chi connectivity index (χ1v) is 9.36. The number of hydrogen-bond donors (Lipinski definition) is 2. The van der Waals surface area contributed by atoms with Crippen LogP contribution >= 0.6 is 12.4 Å². The van der Waals surface area contributed by atoms with E-state index in [9.17, 15) is 4.79 Å². The Labute approximate surface area is 160 Å². The first-order chi connectivity index (χ1) is 12.1. The molecule has 0 spiro atoms. The van der Waals surface area contributed by atoms with Gasteiger partial charge in [0.2, 0.25) is 0 Å². The molecule has 1 amide bonds. The molecule has 0 bridgehead atoms. The van der Waals surface area contributed by atoms with Crippen LogP contribution in [0, 0.1) is 6.92 Å². The molecule has 0 saturated heterocycles. The predicted molar refractivity (Wildman–Crippen MR) is 105 cm³/mol. The molecule has 2 aliphatic rings. The molecule has 5 nitrogen and oxygen atoms in total. The van der Waals surface area contributed by atoms with Crippen molar-refractivity contribution in [3.05, 3.63) is 46.8 Å². The predicted octanol–water partition coefficient (Wildman–Crippen LogP) is 3.09. The molecule has 2 aromatic rings. The van der Waals surface area contributed by atoms with Gasteiger partial charge in [0, 0.05) is 23.3 Å². The van der Waals surface area contributed by atoms with E-state index in [2.05, 4.69) is 36.5 Å². The summed E-state index contributed by atoms with van der Waals surface area (Å²) in [5.74, 6) is -0.0236. The van der Waals surface area contributed by atoms with Gasteiger partial charge in [-0.1, -0.05) is 17.7 Å². The normalized spacial score (nSPS) is 21.8. The average molecular weight is 375 g/mol. The van der Waals surface area contributed by atoms with Crippen LogP contribution in [0.25, 0.3) is 5.69 Å². The number of aryl methyl sites for hydroxylation is 1. The molecule has 140 valence electrons. The van der Waals surface area contributed by atoms with Crippen LogP contribution in [-0.4, -0.2) is 27.8 Å². The monoisotopic (exact) mass is 374 g/mol. The number of nitrogens with zero attached hydrogens (tertiary/aromatic N) is 2. The quantitative estimate of drug-likeness (QED) is 0.867. The van der Waals surface area contributed by atoms with Gasteiger partial charge >= 0.3 is 0 Å². The number of benzene rings is 1. The molecule has 26 heavy (non-hydrogen) atoms. The van der Waals surface area contributed by atoms with Crippen molar-refractivity contribution in [2.24, 2.45) is 5.73 Å². The SMILES string of the molecule is Cc1ccc(-n2nc(C(=O)NC3CCC(N)CC3)c3c2CCC3)cc1.Cl. The Bertz CT molecular complexity index is 776. The summed E-state index contributed by atoms with van der Waals surface area (Å²) < 4.78 is 1.97. The van der Waals surface area contributed by atoms with Gasteiger partial charge in [-0.05, 0) is 64.0 Å². The molecule has 1 saturated carbocycles. The molecule has 4 rings (SSSR count). The highest BCUT2D eigenvalue weighted by Crippen LogP contribution is 2.28. The lowest BCUT2D eigenvalue weighted by atomic mass is 9.92. The van der Waals surface area contributed by atoms with Gasteiger partial charge in [0.05, 0.1) is 5.69 Å². The fourth-order valence-corrected chi connectivity index (χ4v) is 4.04. The summed E-state index contributed by atoms with van der Waals surface area (Å²) in [6.07, 6.45) is 6.93. The second-order valence-corrected chi connectivity index (χ2v) is 7.46. The Balaban J connectivity index is 0.00000196. The van der Waals surface area contributed by atoms with Crippen molar-refractivity contribution in [3.63, 3.8) is 0 Å². The van der Waals surface area contributed by atoms with E-state index in [1.807, 2.05) is 4.68 Å². The van der Waals surface area contributed by atoms with Crippen LogP contribution in [0.3, 0.4) is 0 Å². The number of amides is 1. The van der Waals surface area contributed by atoms with Gasteiger partial charge in [-0.15, -0.1) is 12.4 Å². The minimum atomic E-state index is -0.0236. The van der Waals surface area contributed by atoms with Crippen molar-refractivity contribution in [1.82, 2.24) is 15.1 Å². The number of nitrogens with one attached hydrogen (secondary N) is 1. The molecule has 6 heteroatoms. The second kappa shape index (κ2) is 7.80. The van der Waals surface area contributed by atoms with Crippen molar-refractivity contribution >= 4 is 18.3 Å². The summed E-state index contributed by atoms with van der Waals surface area (Å²) in [4.78, 5) is 12.8. The third-order valence-electron chi connectivity index (χ3n) is 5.53. The first-order valence-electron chi connectivity index (χ1n) is 9.36. The zero-order valence-corrected chi connectivity index (χ0v) is 16.0. The molecule has 1 fully saturated rings. The standard InChI is InChI=1S/C20H26N4O.ClH/c1-13-5-11-16(12-6-13)24-18-4-2-3-17(18)19(23-24)20(25)22-15-9-7-14(21)8-10-15;/h5-6,11-12,14-15H,2-4,7-10,21H2,1H3,(H,22,25);1H. The zero-order valence-electron chi connectivity index (χ0n) is 15.2. The number of aromatic nitrogens is 2. The number of fused-ring (bicyclic) bond motifs is 1. The summed E-state index contributed by atoms with van der Waals surface area (Å²) in [6, 6.07) is 8.84. The molecule has 0 unspecified atom stereocenters. The van der Waals surface area contributed by atoms with Gasteiger partial charge in [0.15, 0.2) is 5.69 Å². The number of halogens is 1. The van der Waals surface area contributed by atoms with Crippen LogP contribution in [0.1, 0.15) is 59.4 Å². The van der Waals surface area contributed by atoms with Crippen LogP contribution < -0.4 is 11.1 Å². The van der Waals surface area contributed by atoms with Gasteiger partial charge in [-0.2, -0.15) is 5.10 Å². The van der Waals surface area contributed by atoms with Crippen molar-refractivity contribution in [1.29, 1.82) is 0 Å². The minimum Gasteiger partial charge on any atom is -0.348 e. The molecule has 3 N–H and O–H groups in total. The van der Waals surface area contributed by atoms with Crippen molar-refractivity contribution in [2.45, 2.75) is 64.0 Å². The third kappa shape index (κ3) is 3.64. The van der Waals surface area contributed by atoms with E-state index in [-0.39, 0.29) is 30.4 Å². The summed E-state index contributed by atoms with van der Waals surface area (Å²) in [7, 11) is 0. The van der Waals surface area contributed by atoms with E-state index in [1.165, 1.54) is 11.3 Å². The van der Waals surface area contributed by atoms with Crippen molar-refractivity contribution < 1.29 is 4.79 Å². The fraction of sp³-hybridized carbons (Fsp3) is 0.500. The van der Waals surface area contributed by atoms with Crippen LogP contribution in [0.2, 0.25) is 0 Å². The lowest BCUT2D eigenvalue weighted by molar-refractivity contribution is 0.0919. The van der Waals surface area contributed by atoms with E-state index in [0.717, 1.165) is 56.2 Å². The summed E-state index contributed by atoms with van der Waals surface area (Å²) in [5.41, 5.74) is 11.2. The Hall–Kier alpha value is -1.85. The Morgan fingerprint density at radius 3 is 2.54 bits per heavy atom. The molecule has 0 radical (unpaired) electrons. The Morgan fingerprint density at radius 2 is 1.85 bits per heavy atom. The number of hydrogen-bond acceptors (Lipinski definition) is 3. The molecular weight excluding hydrogens is 348 g/mol. The second-order valence-electron chi connectivity index (χ2n) is 7.46. The highest BCUT2D eigenvalue weighted by Gasteiger charge is 2.28. The summed E-state index contributed by atoms with van der Waals surface area (Å²) in [6.45, 7) is 2.08. The largest absolute Gasteiger partial charge is 0.348 e. The molecule has 0 aliphatic heterocycles. The topological polar surface area (TPSA) is 72.9 Å². The molecule has 1 heterocycles. The van der Waals surface area contributed by atoms with E-state index >= 15 is 0 Å². The number of carbonyl (C=O) groups is 1. The molecular formula is C20H27ClN4O. The number of rotatable bonds is 3. The summed E-state index contributed by atoms with van der Waals surface area (Å²) >= 11 is 0. The summed E-state index contributed by atoms with van der Waals surface area (Å²) in [5, 5.41) is 7.88. The van der Waals surface area contributed by atoms with Crippen LogP contribution in [0.15, 0.2) is 24.3 Å². The van der Waals surface area contributed by atoms with E-state index in [0.29, 0.717) is 5.69 Å². The molecule has 1 aromatic carbocycles. The van der Waals surface area contributed by atoms with Crippen LogP contribution in [0.5, 0.6) is 0 Å². The lowest BCUT2D eigenvalue weighted by Gasteiger charge is -2.26. The first kappa shape index (κ1) is 18.9. The van der Waals surface area contributed by atoms with Gasteiger partial charge in [0.1, 0.15) is 0 Å². The van der Waals surface area contributed by atoms with Gasteiger partial charge in [0.25, 0.3) is 5.91 Å². The van der Waals surface area contributed by atoms with E-state index in [4.69, 9.17) is 10.8 Å². The maximum Gasteiger partial charge on any atom is 0.272 e. The molecule has 0 atom stereocenters. The van der Waals surface area contributed by atoms with Gasteiger partial charge in [-0.25, -0.2) is 4.68 Å². The van der Waals surface area contributed by atoms with Crippen LogP contribution in [0.4, 0.5) is 0 Å². The maximum atomic E-state index is 12.8. The smallest absolute Gasteiger partial charge is 0.272 e. The van der Waals surface area contributed by atoms with E-state index in [1.54, 1.807) is 0 Å². The Morgan fingerprint density at radius 1 is 1.15 bits per heavy atom. The maximum absolute atomic E-state index is 12.8. The third-order valence-corrected chi connectivity index (χ3v) is 5.53. The van der Waals surface area contributed by atoms with Gasteiger partial charge in [-0.3, -0.25) is 4.79 Å². The highest BCUT2D eigenvalue weighted by molar-refractivity contribution is 5.94. The highest BCUT2D eigenvalue weighted by atomic mass is 35.5. The number of nitrogens with two attached hydrogens (primary N) is 1. The molecule has 2 aliphatic carbocycles. The van der Waals surface area contributed by atoms with Crippen LogP contribution in [-0.2, 0) is 12.8 Å². The molecule has 1 aromatic heterocycles. The van der Waals surface area contributed by atoms with Gasteiger partial charge < -0.3 is 11.1 Å². The zero-order chi connectivity index (χ0) is 17.4. The average Bonchev–Trinajstić information content (AvgIpc) is 3.20. The lowest BCUT2D eigenvalue weighted by Crippen LogP contribution is -2.40. The van der Waals surface area contributed by atoms with E-state index < -0.39 is 0 Å². The fourth-order valence-electron chi connectivity index (χ4n) is 4.04. The van der Waals surface area contributed by atoms with Crippen molar-refractivity contribution in [2.75, 3.05) is 0 Å².